The fraction of sp³-hybridized carbons (Fsp3) is 0.0513. The molecule has 0 amide bonds. The Bertz CT molecular complexity index is 2250. The number of para-hydroxylation sites is 4. The smallest absolute Gasteiger partial charge is 0.263 e. The number of benzene rings is 6. The van der Waals surface area contributed by atoms with Gasteiger partial charge in [0.15, 0.2) is 0 Å². The van der Waals surface area contributed by atoms with Gasteiger partial charge in [0, 0.05) is 16.5 Å². The van der Waals surface area contributed by atoms with Gasteiger partial charge in [-0.25, -0.2) is 0 Å². The minimum atomic E-state index is -0.626. The highest BCUT2D eigenvalue weighted by atomic mass is 16.1. The van der Waals surface area contributed by atoms with E-state index in [0.29, 0.717) is 0 Å². The lowest BCUT2D eigenvalue weighted by atomic mass is 9.60. The van der Waals surface area contributed by atoms with Crippen molar-refractivity contribution in [3.63, 3.8) is 0 Å². The van der Waals surface area contributed by atoms with E-state index in [1.807, 2.05) is 28.8 Å². The standard InChI is InChI=1S/C39H26N2O/c1-25-21-23-26(24-22-25)40-34-18-7-4-14-30(34)39(31-15-5-8-19-35(31)40)32-16-6-9-20-36(32)41-37-28(13-10-17-33(37)39)27-11-2-3-12-29(27)38(41)42/h2-24H,1H3. The minimum absolute atomic E-state index is 0.0199. The molecule has 0 radical (unpaired) electrons. The summed E-state index contributed by atoms with van der Waals surface area (Å²) in [6.45, 7) is 2.12. The van der Waals surface area contributed by atoms with Gasteiger partial charge in [-0.05, 0) is 71.0 Å². The van der Waals surface area contributed by atoms with Crippen LogP contribution in [0.5, 0.6) is 0 Å². The molecule has 1 aromatic heterocycles. The Labute approximate surface area is 243 Å². The molecule has 0 saturated heterocycles. The van der Waals surface area contributed by atoms with Crippen LogP contribution in [0.3, 0.4) is 0 Å². The van der Waals surface area contributed by atoms with Crippen LogP contribution >= 0.6 is 0 Å². The molecule has 0 saturated carbocycles. The Hall–Kier alpha value is -5.41. The SMILES string of the molecule is Cc1ccc(N2c3ccccc3C3(c4ccccc42)c2ccccc2-n2c(=O)c4ccccc4c4cccc3c42)cc1. The molecule has 0 atom stereocenters. The summed E-state index contributed by atoms with van der Waals surface area (Å²) >= 11 is 0. The zero-order valence-corrected chi connectivity index (χ0v) is 23.1. The molecule has 1 spiro atoms. The van der Waals surface area contributed by atoms with Gasteiger partial charge < -0.3 is 4.90 Å². The Morgan fingerprint density at radius 2 is 0.976 bits per heavy atom. The third-order valence-electron chi connectivity index (χ3n) is 9.25. The van der Waals surface area contributed by atoms with Crippen molar-refractivity contribution < 1.29 is 0 Å². The zero-order valence-electron chi connectivity index (χ0n) is 23.1. The second kappa shape index (κ2) is 8.31. The fourth-order valence-electron chi connectivity index (χ4n) is 7.59. The van der Waals surface area contributed by atoms with Crippen LogP contribution in [0.2, 0.25) is 0 Å². The highest BCUT2D eigenvalue weighted by molar-refractivity contribution is 6.09. The second-order valence-electron chi connectivity index (χ2n) is 11.4. The van der Waals surface area contributed by atoms with E-state index in [1.54, 1.807) is 0 Å². The van der Waals surface area contributed by atoms with Crippen molar-refractivity contribution in [3.8, 4) is 5.69 Å². The van der Waals surface area contributed by atoms with Gasteiger partial charge in [0.2, 0.25) is 0 Å². The largest absolute Gasteiger partial charge is 0.310 e. The van der Waals surface area contributed by atoms with E-state index in [4.69, 9.17) is 0 Å². The molecule has 0 fully saturated rings. The van der Waals surface area contributed by atoms with Gasteiger partial charge in [0.1, 0.15) is 0 Å². The number of aryl methyl sites for hydroxylation is 1. The van der Waals surface area contributed by atoms with Crippen LogP contribution in [-0.4, -0.2) is 4.57 Å². The molecule has 7 aromatic rings. The molecule has 0 unspecified atom stereocenters. The summed E-state index contributed by atoms with van der Waals surface area (Å²) in [7, 11) is 0. The van der Waals surface area contributed by atoms with Crippen LogP contribution < -0.4 is 10.5 Å². The minimum Gasteiger partial charge on any atom is -0.310 e. The Kier molecular flexibility index (Phi) is 4.61. The number of pyridine rings is 1. The molecule has 2 aliphatic rings. The maximum absolute atomic E-state index is 14.3. The zero-order chi connectivity index (χ0) is 28.0. The number of rotatable bonds is 1. The van der Waals surface area contributed by atoms with Gasteiger partial charge in [-0.15, -0.1) is 0 Å². The van der Waals surface area contributed by atoms with Crippen LogP contribution in [0.1, 0.15) is 27.8 Å². The number of aromatic nitrogens is 1. The van der Waals surface area contributed by atoms with Crippen LogP contribution in [0.4, 0.5) is 17.1 Å². The molecular weight excluding hydrogens is 512 g/mol. The lowest BCUT2D eigenvalue weighted by Gasteiger charge is -2.49. The molecule has 3 nitrogen and oxygen atoms in total. The van der Waals surface area contributed by atoms with Crippen LogP contribution in [-0.2, 0) is 5.41 Å². The highest BCUT2D eigenvalue weighted by Gasteiger charge is 2.50. The monoisotopic (exact) mass is 538 g/mol. The lowest BCUT2D eigenvalue weighted by molar-refractivity contribution is 0.709. The predicted octanol–water partition coefficient (Wildman–Crippen LogP) is 8.93. The fourth-order valence-corrected chi connectivity index (χ4v) is 7.59. The Morgan fingerprint density at radius 1 is 0.476 bits per heavy atom. The van der Waals surface area contributed by atoms with Crippen molar-refractivity contribution in [3.05, 3.63) is 178 Å². The molecule has 2 aliphatic heterocycles. The van der Waals surface area contributed by atoms with Crippen molar-refractivity contribution >= 4 is 38.7 Å². The van der Waals surface area contributed by atoms with Crippen molar-refractivity contribution in [2.75, 3.05) is 4.90 Å². The van der Waals surface area contributed by atoms with E-state index >= 15 is 0 Å². The topological polar surface area (TPSA) is 25.2 Å². The first-order valence-electron chi connectivity index (χ1n) is 14.4. The normalized spacial score (nSPS) is 14.1. The first-order chi connectivity index (χ1) is 20.7. The second-order valence-corrected chi connectivity index (χ2v) is 11.4. The summed E-state index contributed by atoms with van der Waals surface area (Å²) in [5.41, 5.74) is 10.6. The van der Waals surface area contributed by atoms with Crippen LogP contribution in [0.25, 0.3) is 27.4 Å². The van der Waals surface area contributed by atoms with Gasteiger partial charge in [-0.2, -0.15) is 0 Å². The van der Waals surface area contributed by atoms with Gasteiger partial charge in [-0.1, -0.05) is 109 Å². The maximum atomic E-state index is 14.3. The van der Waals surface area contributed by atoms with Crippen molar-refractivity contribution in [1.82, 2.24) is 4.57 Å². The Morgan fingerprint density at radius 3 is 1.64 bits per heavy atom. The molecule has 3 heterocycles. The van der Waals surface area contributed by atoms with Crippen molar-refractivity contribution in [1.29, 1.82) is 0 Å². The average Bonchev–Trinajstić information content (AvgIpc) is 3.05. The third kappa shape index (κ3) is 2.78. The van der Waals surface area contributed by atoms with E-state index in [-0.39, 0.29) is 5.56 Å². The molecule has 0 N–H and O–H groups in total. The van der Waals surface area contributed by atoms with E-state index < -0.39 is 5.41 Å². The summed E-state index contributed by atoms with van der Waals surface area (Å²) in [5.74, 6) is 0. The summed E-state index contributed by atoms with van der Waals surface area (Å²) in [5, 5.41) is 2.82. The summed E-state index contributed by atoms with van der Waals surface area (Å²) in [4.78, 5) is 16.7. The molecule has 3 heteroatoms. The van der Waals surface area contributed by atoms with Gasteiger partial charge >= 0.3 is 0 Å². The number of hydrogen-bond donors (Lipinski definition) is 0. The molecule has 42 heavy (non-hydrogen) atoms. The maximum Gasteiger partial charge on any atom is 0.263 e. The van der Waals surface area contributed by atoms with Gasteiger partial charge in [0.05, 0.1) is 28.0 Å². The summed E-state index contributed by atoms with van der Waals surface area (Å²) < 4.78 is 1.96. The van der Waals surface area contributed by atoms with Crippen molar-refractivity contribution in [2.24, 2.45) is 0 Å². The molecular formula is C39H26N2O. The summed E-state index contributed by atoms with van der Waals surface area (Å²) in [6.07, 6.45) is 0. The number of anilines is 3. The molecule has 0 aliphatic carbocycles. The van der Waals surface area contributed by atoms with E-state index in [9.17, 15) is 4.79 Å². The first-order valence-corrected chi connectivity index (χ1v) is 14.4. The average molecular weight is 539 g/mol. The van der Waals surface area contributed by atoms with Gasteiger partial charge in [-0.3, -0.25) is 9.36 Å². The van der Waals surface area contributed by atoms with Crippen molar-refractivity contribution in [2.45, 2.75) is 12.3 Å². The Balaban J connectivity index is 1.52. The predicted molar refractivity (Wildman–Crippen MR) is 172 cm³/mol. The first kappa shape index (κ1) is 23.3. The van der Waals surface area contributed by atoms with E-state index in [0.717, 1.165) is 55.6 Å². The molecule has 9 rings (SSSR count). The number of nitrogens with zero attached hydrogens (tertiary/aromatic N) is 2. The quantitative estimate of drug-likeness (QED) is 0.195. The van der Waals surface area contributed by atoms with E-state index in [2.05, 4.69) is 127 Å². The lowest BCUT2D eigenvalue weighted by Crippen LogP contribution is -2.42. The highest BCUT2D eigenvalue weighted by Crippen LogP contribution is 2.60. The van der Waals surface area contributed by atoms with E-state index in [1.165, 1.54) is 16.7 Å². The molecule has 198 valence electrons. The van der Waals surface area contributed by atoms with Crippen LogP contribution in [0, 0.1) is 6.92 Å². The van der Waals surface area contributed by atoms with Crippen LogP contribution in [0.15, 0.2) is 144 Å². The van der Waals surface area contributed by atoms with Gasteiger partial charge in [0.25, 0.3) is 5.56 Å². The number of hydrogen-bond acceptors (Lipinski definition) is 2. The third-order valence-corrected chi connectivity index (χ3v) is 9.25. The summed E-state index contributed by atoms with van der Waals surface area (Å²) in [6, 6.07) is 49.4. The number of fused-ring (bicyclic) bond motifs is 10. The molecule has 0 bridgehead atoms. The molecule has 6 aromatic carbocycles.